The van der Waals surface area contributed by atoms with Crippen molar-refractivity contribution in [1.82, 2.24) is 30.5 Å². The van der Waals surface area contributed by atoms with Crippen LogP contribution in [0.15, 0.2) is 53.7 Å². The van der Waals surface area contributed by atoms with Crippen molar-refractivity contribution in [3.8, 4) is 5.69 Å². The topological polar surface area (TPSA) is 92.1 Å². The Bertz CT molecular complexity index is 1090. The van der Waals surface area contributed by atoms with Gasteiger partial charge in [-0.15, -0.1) is 10.2 Å². The summed E-state index contributed by atoms with van der Waals surface area (Å²) >= 11 is 7.20. The van der Waals surface area contributed by atoms with E-state index in [9.17, 15) is 14.0 Å². The number of hydrazine groups is 1. The molecule has 0 aliphatic heterocycles. The monoisotopic (exact) mass is 476 g/mol. The number of nitrogens with zero attached hydrogens (tertiary/aromatic N) is 4. The molecule has 0 fully saturated rings. The third-order valence-electron chi connectivity index (χ3n) is 4.65. The van der Waals surface area contributed by atoms with Crippen molar-refractivity contribution in [2.75, 3.05) is 19.8 Å². The maximum atomic E-state index is 13.0. The SMILES string of the molecule is C[C@@H](c1nnc(SCC(=O)NNC(=O)c2ccc(F)cc2)n1-c1ccc(Cl)cc1)N(C)C. The van der Waals surface area contributed by atoms with E-state index in [0.29, 0.717) is 16.0 Å². The van der Waals surface area contributed by atoms with Gasteiger partial charge < -0.3 is 0 Å². The molecule has 3 aromatic rings. The Morgan fingerprint density at radius 1 is 1.09 bits per heavy atom. The van der Waals surface area contributed by atoms with Gasteiger partial charge in [-0.3, -0.25) is 29.9 Å². The number of thioether (sulfide) groups is 1. The first-order valence-corrected chi connectivity index (χ1v) is 11.0. The molecule has 2 amide bonds. The molecule has 0 unspecified atom stereocenters. The molecule has 2 N–H and O–H groups in total. The molecule has 1 aromatic heterocycles. The predicted octanol–water partition coefficient (Wildman–Crippen LogP) is 3.24. The number of nitrogens with one attached hydrogen (secondary N) is 2. The van der Waals surface area contributed by atoms with Crippen molar-refractivity contribution in [3.63, 3.8) is 0 Å². The summed E-state index contributed by atoms with van der Waals surface area (Å²) in [6.45, 7) is 2.00. The number of rotatable bonds is 7. The largest absolute Gasteiger partial charge is 0.300 e. The van der Waals surface area contributed by atoms with Crippen LogP contribution in [-0.2, 0) is 4.79 Å². The first-order valence-electron chi connectivity index (χ1n) is 9.61. The third kappa shape index (κ3) is 5.84. The standard InChI is InChI=1S/C21H22ClFN6O2S/c1-13(28(2)3)19-25-27-21(29(19)17-10-6-15(22)7-11-17)32-12-18(30)24-26-20(31)14-4-8-16(23)9-5-14/h4-11,13H,12H2,1-3H3,(H,24,30)(H,26,31)/t13-/m0/s1. The lowest BCUT2D eigenvalue weighted by Crippen LogP contribution is -2.42. The molecule has 8 nitrogen and oxygen atoms in total. The van der Waals surface area contributed by atoms with Crippen molar-refractivity contribution in [2.45, 2.75) is 18.1 Å². The van der Waals surface area contributed by atoms with Crippen LogP contribution in [-0.4, -0.2) is 51.3 Å². The fraction of sp³-hybridized carbons (Fsp3) is 0.238. The van der Waals surface area contributed by atoms with Crippen LogP contribution in [0.3, 0.4) is 0 Å². The van der Waals surface area contributed by atoms with Gasteiger partial charge >= 0.3 is 0 Å². The van der Waals surface area contributed by atoms with E-state index >= 15 is 0 Å². The highest BCUT2D eigenvalue weighted by atomic mass is 35.5. The highest BCUT2D eigenvalue weighted by Crippen LogP contribution is 2.27. The fourth-order valence-electron chi connectivity index (χ4n) is 2.68. The molecule has 2 aromatic carbocycles. The fourth-order valence-corrected chi connectivity index (χ4v) is 3.56. The van der Waals surface area contributed by atoms with Gasteiger partial charge in [0.2, 0.25) is 5.91 Å². The van der Waals surface area contributed by atoms with Crippen molar-refractivity contribution in [1.29, 1.82) is 0 Å². The molecule has 32 heavy (non-hydrogen) atoms. The molecule has 0 aliphatic rings. The predicted molar refractivity (Wildman–Crippen MR) is 121 cm³/mol. The van der Waals surface area contributed by atoms with E-state index in [1.165, 1.54) is 36.0 Å². The van der Waals surface area contributed by atoms with Crippen LogP contribution in [0.25, 0.3) is 5.69 Å². The molecule has 11 heteroatoms. The number of carbonyl (C=O) groups excluding carboxylic acids is 2. The van der Waals surface area contributed by atoms with Gasteiger partial charge in [-0.2, -0.15) is 0 Å². The second-order valence-corrected chi connectivity index (χ2v) is 8.47. The Kier molecular flexibility index (Phi) is 7.84. The van der Waals surface area contributed by atoms with E-state index in [-0.39, 0.29) is 17.4 Å². The Hall–Kier alpha value is -2.95. The molecule has 0 bridgehead atoms. The van der Waals surface area contributed by atoms with E-state index in [1.54, 1.807) is 12.1 Å². The van der Waals surface area contributed by atoms with Crippen LogP contribution in [0, 0.1) is 5.82 Å². The normalized spacial score (nSPS) is 11.9. The molecule has 0 spiro atoms. The van der Waals surface area contributed by atoms with E-state index < -0.39 is 17.6 Å². The molecular weight excluding hydrogens is 455 g/mol. The average Bonchev–Trinajstić information content (AvgIpc) is 3.20. The lowest BCUT2D eigenvalue weighted by Gasteiger charge is -2.20. The van der Waals surface area contributed by atoms with Gasteiger partial charge in [-0.1, -0.05) is 23.4 Å². The number of amides is 2. The van der Waals surface area contributed by atoms with Crippen LogP contribution in [0.2, 0.25) is 5.02 Å². The molecule has 0 saturated heterocycles. The number of hydrogen-bond donors (Lipinski definition) is 2. The minimum Gasteiger partial charge on any atom is -0.300 e. The highest BCUT2D eigenvalue weighted by molar-refractivity contribution is 7.99. The zero-order valence-corrected chi connectivity index (χ0v) is 19.2. The zero-order valence-electron chi connectivity index (χ0n) is 17.7. The Labute approximate surface area is 194 Å². The highest BCUT2D eigenvalue weighted by Gasteiger charge is 2.21. The van der Waals surface area contributed by atoms with Gasteiger partial charge in [0.1, 0.15) is 5.82 Å². The summed E-state index contributed by atoms with van der Waals surface area (Å²) in [6, 6.07) is 12.2. The summed E-state index contributed by atoms with van der Waals surface area (Å²) in [5, 5.41) is 9.71. The molecule has 1 heterocycles. The summed E-state index contributed by atoms with van der Waals surface area (Å²) in [4.78, 5) is 26.3. The van der Waals surface area contributed by atoms with Crippen LogP contribution in [0.1, 0.15) is 29.1 Å². The van der Waals surface area contributed by atoms with Gasteiger partial charge in [0.15, 0.2) is 11.0 Å². The zero-order chi connectivity index (χ0) is 23.3. The van der Waals surface area contributed by atoms with Crippen LogP contribution in [0.5, 0.6) is 0 Å². The minimum absolute atomic E-state index is 0.00817. The lowest BCUT2D eigenvalue weighted by atomic mass is 10.2. The second kappa shape index (κ2) is 10.6. The number of aromatic nitrogens is 3. The van der Waals surface area contributed by atoms with Crippen molar-refractivity contribution >= 4 is 35.2 Å². The maximum absolute atomic E-state index is 13.0. The summed E-state index contributed by atoms with van der Waals surface area (Å²) in [6.07, 6.45) is 0. The summed E-state index contributed by atoms with van der Waals surface area (Å²) in [5.41, 5.74) is 5.69. The minimum atomic E-state index is -0.547. The molecule has 3 rings (SSSR count). The number of hydrogen-bond acceptors (Lipinski definition) is 6. The van der Waals surface area contributed by atoms with E-state index in [1.807, 2.05) is 42.6 Å². The van der Waals surface area contributed by atoms with Gasteiger partial charge in [0.25, 0.3) is 5.91 Å². The first kappa shape index (κ1) is 23.7. The van der Waals surface area contributed by atoms with E-state index in [4.69, 9.17) is 11.6 Å². The van der Waals surface area contributed by atoms with Gasteiger partial charge in [-0.25, -0.2) is 4.39 Å². The van der Waals surface area contributed by atoms with Crippen molar-refractivity contribution in [3.05, 3.63) is 70.8 Å². The number of carbonyl (C=O) groups is 2. The quantitative estimate of drug-likeness (QED) is 0.402. The molecule has 1 atom stereocenters. The Morgan fingerprint density at radius 3 is 2.38 bits per heavy atom. The Balaban J connectivity index is 1.68. The first-order chi connectivity index (χ1) is 15.3. The van der Waals surface area contributed by atoms with Crippen molar-refractivity contribution in [2.24, 2.45) is 0 Å². The number of halogens is 2. The van der Waals surface area contributed by atoms with Gasteiger partial charge in [0.05, 0.1) is 11.8 Å². The van der Waals surface area contributed by atoms with E-state index in [0.717, 1.165) is 5.69 Å². The maximum Gasteiger partial charge on any atom is 0.269 e. The van der Waals surface area contributed by atoms with Gasteiger partial charge in [0, 0.05) is 16.3 Å². The van der Waals surface area contributed by atoms with Crippen LogP contribution >= 0.6 is 23.4 Å². The smallest absolute Gasteiger partial charge is 0.269 e. The van der Waals surface area contributed by atoms with Crippen LogP contribution < -0.4 is 10.9 Å². The third-order valence-corrected chi connectivity index (χ3v) is 5.83. The van der Waals surface area contributed by atoms with Gasteiger partial charge in [-0.05, 0) is 69.6 Å². The van der Waals surface area contributed by atoms with Crippen LogP contribution in [0.4, 0.5) is 4.39 Å². The molecule has 0 saturated carbocycles. The lowest BCUT2D eigenvalue weighted by molar-refractivity contribution is -0.119. The summed E-state index contributed by atoms with van der Waals surface area (Å²) < 4.78 is 14.8. The average molecular weight is 477 g/mol. The summed E-state index contributed by atoms with van der Waals surface area (Å²) in [5.74, 6) is -0.723. The van der Waals surface area contributed by atoms with E-state index in [2.05, 4.69) is 21.0 Å². The molecule has 168 valence electrons. The molecule has 0 aliphatic carbocycles. The number of benzene rings is 2. The van der Waals surface area contributed by atoms with Crippen molar-refractivity contribution < 1.29 is 14.0 Å². The summed E-state index contributed by atoms with van der Waals surface area (Å²) in [7, 11) is 3.88. The molecule has 0 radical (unpaired) electrons. The molecular formula is C21H22ClFN6O2S. The Morgan fingerprint density at radius 2 is 1.75 bits per heavy atom. The second-order valence-electron chi connectivity index (χ2n) is 7.09.